The number of anilines is 1. The quantitative estimate of drug-likeness (QED) is 0.878. The Balaban J connectivity index is 2.33. The van der Waals surface area contributed by atoms with Gasteiger partial charge in [-0.2, -0.15) is 5.10 Å². The van der Waals surface area contributed by atoms with Gasteiger partial charge in [0.15, 0.2) is 9.84 Å². The summed E-state index contributed by atoms with van der Waals surface area (Å²) < 4.78 is 26.6. The Hall–Kier alpha value is -1.82. The monoisotopic (exact) mass is 293 g/mol. The molecule has 108 valence electrons. The molecule has 20 heavy (non-hydrogen) atoms. The highest BCUT2D eigenvalue weighted by molar-refractivity contribution is 7.90. The Bertz CT molecular complexity index is 718. The van der Waals surface area contributed by atoms with Crippen molar-refractivity contribution >= 4 is 15.5 Å². The second kappa shape index (κ2) is 5.28. The summed E-state index contributed by atoms with van der Waals surface area (Å²) in [5, 5.41) is 4.28. The summed E-state index contributed by atoms with van der Waals surface area (Å²) in [5.74, 6) is -0.114. The zero-order valence-corrected chi connectivity index (χ0v) is 12.7. The van der Waals surface area contributed by atoms with Gasteiger partial charge in [0.2, 0.25) is 0 Å². The fraction of sp³-hybridized carbons (Fsp3) is 0.357. The molecule has 0 amide bonds. The summed E-state index contributed by atoms with van der Waals surface area (Å²) in [6, 6.07) is 6.86. The Morgan fingerprint density at radius 3 is 2.60 bits per heavy atom. The van der Waals surface area contributed by atoms with Crippen LogP contribution in [0.25, 0.3) is 0 Å². The van der Waals surface area contributed by atoms with Crippen molar-refractivity contribution in [2.45, 2.75) is 37.5 Å². The molecule has 0 unspecified atom stereocenters. The van der Waals surface area contributed by atoms with Crippen LogP contribution in [0.2, 0.25) is 0 Å². The molecule has 2 aromatic rings. The van der Waals surface area contributed by atoms with Crippen LogP contribution >= 0.6 is 0 Å². The van der Waals surface area contributed by atoms with Gasteiger partial charge < -0.3 is 5.73 Å². The van der Waals surface area contributed by atoms with Gasteiger partial charge in [0, 0.05) is 17.9 Å². The Kier molecular flexibility index (Phi) is 3.85. The summed E-state index contributed by atoms with van der Waals surface area (Å²) in [4.78, 5) is 0.275. The van der Waals surface area contributed by atoms with Crippen molar-refractivity contribution in [2.24, 2.45) is 0 Å². The number of rotatable bonds is 4. The van der Waals surface area contributed by atoms with Crippen LogP contribution in [-0.2, 0) is 15.6 Å². The van der Waals surface area contributed by atoms with Crippen LogP contribution in [0, 0.1) is 6.92 Å². The van der Waals surface area contributed by atoms with Crippen molar-refractivity contribution in [3.63, 3.8) is 0 Å². The first kappa shape index (κ1) is 14.6. The van der Waals surface area contributed by atoms with E-state index in [2.05, 4.69) is 5.10 Å². The van der Waals surface area contributed by atoms with E-state index >= 15 is 0 Å². The number of aryl methyl sites for hydroxylation is 1. The molecule has 1 aromatic carbocycles. The van der Waals surface area contributed by atoms with Gasteiger partial charge in [-0.05, 0) is 44.5 Å². The topological polar surface area (TPSA) is 78.0 Å². The van der Waals surface area contributed by atoms with Crippen molar-refractivity contribution in [1.29, 1.82) is 0 Å². The van der Waals surface area contributed by atoms with Crippen LogP contribution in [0.5, 0.6) is 0 Å². The summed E-state index contributed by atoms with van der Waals surface area (Å²) in [6.07, 6.45) is 1.79. The Labute approximate surface area is 119 Å². The van der Waals surface area contributed by atoms with Crippen LogP contribution in [0.15, 0.2) is 35.4 Å². The van der Waals surface area contributed by atoms with Gasteiger partial charge in [0.1, 0.15) is 0 Å². The van der Waals surface area contributed by atoms with Crippen molar-refractivity contribution in [1.82, 2.24) is 9.78 Å². The lowest BCUT2D eigenvalue weighted by Gasteiger charge is -2.08. The first-order valence-electron chi connectivity index (χ1n) is 6.42. The standard InChI is InChI=1S/C14H19N3O2S/c1-10(2)17-7-6-13(16-17)9-20(18,19)14-8-12(15)5-4-11(14)3/h4-8,10H,9,15H2,1-3H3. The number of nitrogen functional groups attached to an aromatic ring is 1. The van der Waals surface area contributed by atoms with Crippen molar-refractivity contribution < 1.29 is 8.42 Å². The third-order valence-electron chi connectivity index (χ3n) is 3.08. The maximum absolute atomic E-state index is 12.4. The number of hydrogen-bond donors (Lipinski definition) is 1. The lowest BCUT2D eigenvalue weighted by molar-refractivity contribution is 0.527. The van der Waals surface area contributed by atoms with Gasteiger partial charge in [0.25, 0.3) is 0 Å². The van der Waals surface area contributed by atoms with Gasteiger partial charge in [0.05, 0.1) is 16.3 Å². The van der Waals surface area contributed by atoms with Gasteiger partial charge in [-0.25, -0.2) is 8.42 Å². The van der Waals surface area contributed by atoms with Crippen LogP contribution in [0.1, 0.15) is 31.1 Å². The molecule has 2 N–H and O–H groups in total. The van der Waals surface area contributed by atoms with E-state index in [0.29, 0.717) is 16.9 Å². The average Bonchev–Trinajstić information content (AvgIpc) is 2.80. The molecule has 0 bridgehead atoms. The van der Waals surface area contributed by atoms with E-state index in [1.165, 1.54) is 6.07 Å². The largest absolute Gasteiger partial charge is 0.399 e. The first-order valence-corrected chi connectivity index (χ1v) is 8.08. The van der Waals surface area contributed by atoms with Gasteiger partial charge >= 0.3 is 0 Å². The molecule has 0 saturated heterocycles. The molecule has 0 aliphatic rings. The highest BCUT2D eigenvalue weighted by Gasteiger charge is 2.19. The summed E-state index contributed by atoms with van der Waals surface area (Å²) in [7, 11) is -3.43. The molecule has 1 heterocycles. The number of nitrogens with zero attached hydrogens (tertiary/aromatic N) is 2. The highest BCUT2D eigenvalue weighted by Crippen LogP contribution is 2.22. The lowest BCUT2D eigenvalue weighted by atomic mass is 10.2. The van der Waals surface area contributed by atoms with E-state index in [1.54, 1.807) is 36.0 Å². The minimum atomic E-state index is -3.43. The number of nitrogens with two attached hydrogens (primary N) is 1. The summed E-state index contributed by atoms with van der Waals surface area (Å²) >= 11 is 0. The van der Waals surface area contributed by atoms with Crippen molar-refractivity contribution in [2.75, 3.05) is 5.73 Å². The molecule has 5 nitrogen and oxygen atoms in total. The van der Waals surface area contributed by atoms with Crippen molar-refractivity contribution in [3.05, 3.63) is 41.7 Å². The minimum Gasteiger partial charge on any atom is -0.399 e. The fourth-order valence-corrected chi connectivity index (χ4v) is 3.54. The molecular formula is C14H19N3O2S. The number of benzene rings is 1. The maximum Gasteiger partial charge on any atom is 0.184 e. The van der Waals surface area contributed by atoms with Crippen LogP contribution in [0.4, 0.5) is 5.69 Å². The predicted molar refractivity (Wildman–Crippen MR) is 79.1 cm³/mol. The van der Waals surface area contributed by atoms with Crippen LogP contribution < -0.4 is 5.73 Å². The van der Waals surface area contributed by atoms with Gasteiger partial charge in [-0.15, -0.1) is 0 Å². The van der Waals surface area contributed by atoms with E-state index in [1.807, 2.05) is 13.8 Å². The number of sulfone groups is 1. The highest BCUT2D eigenvalue weighted by atomic mass is 32.2. The summed E-state index contributed by atoms with van der Waals surface area (Å²) in [5.41, 5.74) is 7.36. The third kappa shape index (κ3) is 3.01. The minimum absolute atomic E-state index is 0.114. The molecule has 1 aromatic heterocycles. The molecule has 0 aliphatic heterocycles. The Morgan fingerprint density at radius 2 is 2.00 bits per heavy atom. The lowest BCUT2D eigenvalue weighted by Crippen LogP contribution is -2.09. The zero-order valence-electron chi connectivity index (χ0n) is 11.9. The molecule has 0 radical (unpaired) electrons. The van der Waals surface area contributed by atoms with Gasteiger partial charge in [-0.1, -0.05) is 6.07 Å². The van der Waals surface area contributed by atoms with E-state index in [-0.39, 0.29) is 16.7 Å². The normalized spacial score (nSPS) is 12.0. The van der Waals surface area contributed by atoms with E-state index in [0.717, 1.165) is 0 Å². The molecule has 2 rings (SSSR count). The van der Waals surface area contributed by atoms with Crippen molar-refractivity contribution in [3.8, 4) is 0 Å². The Morgan fingerprint density at radius 1 is 1.30 bits per heavy atom. The molecule has 0 saturated carbocycles. The molecule has 6 heteroatoms. The van der Waals surface area contributed by atoms with E-state index < -0.39 is 9.84 Å². The number of aromatic nitrogens is 2. The SMILES string of the molecule is Cc1ccc(N)cc1S(=O)(=O)Cc1ccn(C(C)C)n1. The summed E-state index contributed by atoms with van der Waals surface area (Å²) in [6.45, 7) is 5.75. The van der Waals surface area contributed by atoms with E-state index in [9.17, 15) is 8.42 Å². The second-order valence-electron chi connectivity index (χ2n) is 5.16. The van der Waals surface area contributed by atoms with Crippen LogP contribution in [-0.4, -0.2) is 18.2 Å². The molecule has 0 spiro atoms. The molecule has 0 atom stereocenters. The average molecular weight is 293 g/mol. The third-order valence-corrected chi connectivity index (χ3v) is 4.86. The maximum atomic E-state index is 12.4. The number of hydrogen-bond acceptors (Lipinski definition) is 4. The van der Waals surface area contributed by atoms with E-state index in [4.69, 9.17) is 5.73 Å². The van der Waals surface area contributed by atoms with Crippen LogP contribution in [0.3, 0.4) is 0 Å². The zero-order chi connectivity index (χ0) is 14.9. The molecular weight excluding hydrogens is 274 g/mol. The molecule has 0 aliphatic carbocycles. The van der Waals surface area contributed by atoms with Gasteiger partial charge in [-0.3, -0.25) is 4.68 Å². The predicted octanol–water partition coefficient (Wildman–Crippen LogP) is 2.33. The molecule has 0 fully saturated rings. The fourth-order valence-electron chi connectivity index (χ4n) is 1.97. The first-order chi connectivity index (χ1) is 9.29. The second-order valence-corrected chi connectivity index (χ2v) is 7.12. The smallest absolute Gasteiger partial charge is 0.184 e.